The van der Waals surface area contributed by atoms with Gasteiger partial charge in [-0.05, 0) is 18.2 Å². The molecule has 0 aliphatic carbocycles. The second kappa shape index (κ2) is 2.14. The lowest BCUT2D eigenvalue weighted by Crippen LogP contribution is -1.81. The first kappa shape index (κ1) is 5.47. The Kier molecular flexibility index (Phi) is 1.17. The minimum atomic E-state index is 0.659. The third-order valence-corrected chi connectivity index (χ3v) is 1.43. The number of allylic oxidation sites excluding steroid dienone is 3. The van der Waals surface area contributed by atoms with Gasteiger partial charge in [0.05, 0.1) is 0 Å². The molecule has 2 heterocycles. The van der Waals surface area contributed by atoms with Gasteiger partial charge in [-0.25, -0.2) is 0 Å². The molecule has 0 radical (unpaired) electrons. The highest BCUT2D eigenvalue weighted by molar-refractivity contribution is 5.74. The van der Waals surface area contributed by atoms with E-state index in [1.54, 1.807) is 6.21 Å². The van der Waals surface area contributed by atoms with Gasteiger partial charge in [0.25, 0.3) is 0 Å². The van der Waals surface area contributed by atoms with Gasteiger partial charge in [0.15, 0.2) is 0 Å². The summed E-state index contributed by atoms with van der Waals surface area (Å²) in [7, 11) is 0. The van der Waals surface area contributed by atoms with Crippen LogP contribution in [0.4, 0.5) is 0 Å². The number of fused-ring (bicyclic) bond motifs is 1. The number of nitrogens with zero attached hydrogens (tertiary/aromatic N) is 1. The zero-order valence-electron chi connectivity index (χ0n) is 5.45. The predicted octanol–water partition coefficient (Wildman–Crippen LogP) is 1.43. The normalized spacial score (nSPS) is 20.8. The molecular weight excluding hydrogens is 126 g/mol. The van der Waals surface area contributed by atoms with Gasteiger partial charge in [0, 0.05) is 6.21 Å². The lowest BCUT2D eigenvalue weighted by molar-refractivity contribution is 0.276. The summed E-state index contributed by atoms with van der Waals surface area (Å²) in [5.41, 5.74) is 0.949. The molecule has 0 aromatic rings. The van der Waals surface area contributed by atoms with Gasteiger partial charge in [0.1, 0.15) is 18.1 Å². The fraction of sp³-hybridized carbons (Fsp3) is 0.125. The van der Waals surface area contributed by atoms with Gasteiger partial charge in [-0.15, -0.1) is 0 Å². The topological polar surface area (TPSA) is 21.6 Å². The van der Waals surface area contributed by atoms with E-state index in [4.69, 9.17) is 4.74 Å². The van der Waals surface area contributed by atoms with Gasteiger partial charge < -0.3 is 4.74 Å². The molecule has 2 heteroatoms. The molecule has 2 aliphatic rings. The minimum absolute atomic E-state index is 0.659. The van der Waals surface area contributed by atoms with Crippen molar-refractivity contribution in [2.75, 3.05) is 6.61 Å². The van der Waals surface area contributed by atoms with E-state index >= 15 is 0 Å². The molecule has 2 aliphatic heterocycles. The van der Waals surface area contributed by atoms with Gasteiger partial charge in [-0.2, -0.15) is 0 Å². The molecular formula is C8H7NO. The Balaban J connectivity index is 2.42. The predicted molar refractivity (Wildman–Crippen MR) is 39.8 cm³/mol. The largest absolute Gasteiger partial charge is 0.487 e. The molecule has 0 spiro atoms. The van der Waals surface area contributed by atoms with Crippen LogP contribution < -0.4 is 0 Å². The van der Waals surface area contributed by atoms with E-state index < -0.39 is 0 Å². The van der Waals surface area contributed by atoms with Gasteiger partial charge in [0.2, 0.25) is 0 Å². The molecule has 50 valence electrons. The van der Waals surface area contributed by atoms with Crippen LogP contribution in [0.15, 0.2) is 40.8 Å². The molecule has 2 nitrogen and oxygen atoms in total. The first-order valence-electron chi connectivity index (χ1n) is 3.21. The molecule has 2 rings (SSSR count). The van der Waals surface area contributed by atoms with Crippen molar-refractivity contribution in [2.24, 2.45) is 4.99 Å². The van der Waals surface area contributed by atoms with Gasteiger partial charge >= 0.3 is 0 Å². The average molecular weight is 133 g/mol. The van der Waals surface area contributed by atoms with Gasteiger partial charge in [-0.3, -0.25) is 4.99 Å². The summed E-state index contributed by atoms with van der Waals surface area (Å²) in [6.07, 6.45) is 9.46. The molecule has 0 atom stereocenters. The van der Waals surface area contributed by atoms with E-state index in [-0.39, 0.29) is 0 Å². The van der Waals surface area contributed by atoms with Crippen LogP contribution in [0, 0.1) is 0 Å². The van der Waals surface area contributed by atoms with Crippen molar-refractivity contribution in [1.29, 1.82) is 0 Å². The van der Waals surface area contributed by atoms with Crippen molar-refractivity contribution in [3.05, 3.63) is 35.8 Å². The minimum Gasteiger partial charge on any atom is -0.487 e. The molecule has 0 aromatic carbocycles. The quantitative estimate of drug-likeness (QED) is 0.489. The first-order valence-corrected chi connectivity index (χ1v) is 3.21. The molecule has 0 bridgehead atoms. The molecule has 0 amide bonds. The SMILES string of the molecule is C1=CC=C2OCC=C2N=C1. The molecule has 0 saturated heterocycles. The average Bonchev–Trinajstić information content (AvgIpc) is 2.28. The lowest BCUT2D eigenvalue weighted by Gasteiger charge is -1.95. The van der Waals surface area contributed by atoms with Gasteiger partial charge in [-0.1, -0.05) is 6.08 Å². The maximum atomic E-state index is 5.24. The maximum absolute atomic E-state index is 5.24. The first-order chi connectivity index (χ1) is 4.97. The molecule has 0 fully saturated rings. The Labute approximate surface area is 59.2 Å². The second-order valence-corrected chi connectivity index (χ2v) is 2.09. The highest BCUT2D eigenvalue weighted by Crippen LogP contribution is 2.20. The Hall–Kier alpha value is -1.31. The van der Waals surface area contributed by atoms with Crippen LogP contribution in [0.1, 0.15) is 0 Å². The van der Waals surface area contributed by atoms with Crippen LogP contribution in [-0.4, -0.2) is 12.8 Å². The van der Waals surface area contributed by atoms with Crippen LogP contribution in [0.25, 0.3) is 0 Å². The highest BCUT2D eigenvalue weighted by Gasteiger charge is 2.10. The number of aliphatic imine (C=N–C) groups is 1. The Morgan fingerprint density at radius 2 is 2.40 bits per heavy atom. The summed E-state index contributed by atoms with van der Waals surface area (Å²) in [6.45, 7) is 0.659. The number of hydrogen-bond donors (Lipinski definition) is 0. The van der Waals surface area contributed by atoms with Crippen LogP contribution in [-0.2, 0) is 4.74 Å². The van der Waals surface area contributed by atoms with Crippen molar-refractivity contribution in [1.82, 2.24) is 0 Å². The summed E-state index contributed by atoms with van der Waals surface area (Å²) in [6, 6.07) is 0. The monoisotopic (exact) mass is 133 g/mol. The van der Waals surface area contributed by atoms with E-state index in [1.807, 2.05) is 24.3 Å². The van der Waals surface area contributed by atoms with Crippen LogP contribution >= 0.6 is 0 Å². The number of rotatable bonds is 0. The zero-order chi connectivity index (χ0) is 6.81. The fourth-order valence-corrected chi connectivity index (χ4v) is 0.951. The van der Waals surface area contributed by atoms with E-state index in [2.05, 4.69) is 4.99 Å². The van der Waals surface area contributed by atoms with E-state index in [0.717, 1.165) is 11.5 Å². The van der Waals surface area contributed by atoms with E-state index in [9.17, 15) is 0 Å². The third-order valence-electron chi connectivity index (χ3n) is 1.43. The maximum Gasteiger partial charge on any atom is 0.145 e. The summed E-state index contributed by atoms with van der Waals surface area (Å²) >= 11 is 0. The third kappa shape index (κ3) is 0.778. The molecule has 0 N–H and O–H groups in total. The number of ether oxygens (including phenoxy) is 1. The zero-order valence-corrected chi connectivity index (χ0v) is 5.45. The fourth-order valence-electron chi connectivity index (χ4n) is 0.951. The Bertz CT molecular complexity index is 258. The Morgan fingerprint density at radius 1 is 1.40 bits per heavy atom. The lowest BCUT2D eigenvalue weighted by atomic mass is 10.3. The highest BCUT2D eigenvalue weighted by atomic mass is 16.5. The molecule has 10 heavy (non-hydrogen) atoms. The van der Waals surface area contributed by atoms with Crippen molar-refractivity contribution in [2.45, 2.75) is 0 Å². The summed E-state index contributed by atoms with van der Waals surface area (Å²) in [5, 5.41) is 0. The number of hydrogen-bond acceptors (Lipinski definition) is 2. The van der Waals surface area contributed by atoms with Crippen molar-refractivity contribution < 1.29 is 4.74 Å². The summed E-state index contributed by atoms with van der Waals surface area (Å²) in [4.78, 5) is 4.14. The summed E-state index contributed by atoms with van der Waals surface area (Å²) < 4.78 is 5.24. The van der Waals surface area contributed by atoms with Crippen molar-refractivity contribution >= 4 is 6.21 Å². The van der Waals surface area contributed by atoms with Crippen LogP contribution in [0.5, 0.6) is 0 Å². The standard InChI is InChI=1S/C8H7NO/c1-2-5-9-7-4-6-10-8(7)3-1/h1-5H,6H2. The van der Waals surface area contributed by atoms with E-state index in [0.29, 0.717) is 6.61 Å². The van der Waals surface area contributed by atoms with Crippen molar-refractivity contribution in [3.63, 3.8) is 0 Å². The van der Waals surface area contributed by atoms with Crippen LogP contribution in [0.3, 0.4) is 0 Å². The smallest absolute Gasteiger partial charge is 0.145 e. The van der Waals surface area contributed by atoms with Crippen LogP contribution in [0.2, 0.25) is 0 Å². The summed E-state index contributed by atoms with van der Waals surface area (Å²) in [5.74, 6) is 0.880. The van der Waals surface area contributed by atoms with Crippen molar-refractivity contribution in [3.8, 4) is 0 Å². The second-order valence-electron chi connectivity index (χ2n) is 2.09. The molecule has 0 aromatic heterocycles. The Morgan fingerprint density at radius 3 is 3.40 bits per heavy atom. The van der Waals surface area contributed by atoms with E-state index in [1.165, 1.54) is 0 Å². The molecule has 0 unspecified atom stereocenters. The molecule has 0 saturated carbocycles.